The Bertz CT molecular complexity index is 302. The molecule has 0 aliphatic rings. The predicted octanol–water partition coefficient (Wildman–Crippen LogP) is 1.96. The second-order valence-corrected chi connectivity index (χ2v) is 3.89. The van der Waals surface area contributed by atoms with Gasteiger partial charge in [-0.25, -0.2) is 9.78 Å². The molecule has 0 aromatic carbocycles. The third-order valence-corrected chi connectivity index (χ3v) is 2.61. The maximum Gasteiger partial charge on any atom is 0.323 e. The molecule has 0 aliphatic heterocycles. The number of nitrogens with zero attached hydrogens (tertiary/aromatic N) is 2. The average Bonchev–Trinajstić information content (AvgIpc) is 2.53. The Kier molecular flexibility index (Phi) is 3.50. The maximum absolute atomic E-state index is 11.3. The topological polar surface area (TPSA) is 45.2 Å². The summed E-state index contributed by atoms with van der Waals surface area (Å²) in [6, 6.07) is -0.173. The Labute approximate surface area is 85.5 Å². The first-order valence-electron chi connectivity index (χ1n) is 3.79. The van der Waals surface area contributed by atoms with Crippen LogP contribution in [0.25, 0.3) is 0 Å². The zero-order valence-corrected chi connectivity index (χ0v) is 8.95. The molecule has 0 saturated heterocycles. The first-order valence-corrected chi connectivity index (χ1v) is 4.99. The van der Waals surface area contributed by atoms with Crippen LogP contribution in [0.4, 0.5) is 9.93 Å². The molecule has 0 saturated carbocycles. The minimum Gasteiger partial charge on any atom is -0.341 e. The number of nitrogens with one attached hydrogen (secondary N) is 1. The lowest BCUT2D eigenvalue weighted by molar-refractivity contribution is 0.248. The van der Waals surface area contributed by atoms with Crippen molar-refractivity contribution in [3.8, 4) is 0 Å². The van der Waals surface area contributed by atoms with Crippen molar-refractivity contribution < 1.29 is 4.79 Å². The van der Waals surface area contributed by atoms with Crippen LogP contribution in [0.3, 0.4) is 0 Å². The predicted molar refractivity (Wildman–Crippen MR) is 54.6 cm³/mol. The molecule has 0 atom stereocenters. The average molecular weight is 220 g/mol. The third kappa shape index (κ3) is 2.32. The van der Waals surface area contributed by atoms with Gasteiger partial charge >= 0.3 is 6.03 Å². The fourth-order valence-electron chi connectivity index (χ4n) is 0.871. The lowest BCUT2D eigenvalue weighted by Gasteiger charge is -2.16. The van der Waals surface area contributed by atoms with Crippen molar-refractivity contribution in [1.29, 1.82) is 0 Å². The van der Waals surface area contributed by atoms with Gasteiger partial charge in [0.15, 0.2) is 5.13 Å². The number of thiazole rings is 1. The molecule has 1 heterocycles. The van der Waals surface area contributed by atoms with Gasteiger partial charge in [0.05, 0.1) is 6.20 Å². The van der Waals surface area contributed by atoms with E-state index in [9.17, 15) is 4.79 Å². The van der Waals surface area contributed by atoms with Crippen LogP contribution in [-0.4, -0.2) is 24.6 Å². The number of hydrogen-bond acceptors (Lipinski definition) is 3. The van der Waals surface area contributed by atoms with Gasteiger partial charge in [0.25, 0.3) is 0 Å². The molecule has 0 aliphatic carbocycles. The van der Waals surface area contributed by atoms with Crippen LogP contribution >= 0.6 is 22.9 Å². The number of carbonyl (C=O) groups is 1. The fourth-order valence-corrected chi connectivity index (χ4v) is 1.83. The van der Waals surface area contributed by atoms with E-state index in [0.29, 0.717) is 16.0 Å². The molecule has 1 aromatic heterocycles. The summed E-state index contributed by atoms with van der Waals surface area (Å²) in [6.45, 7) is 2.45. The Morgan fingerprint density at radius 1 is 1.85 bits per heavy atom. The fraction of sp³-hybridized carbons (Fsp3) is 0.429. The first kappa shape index (κ1) is 10.3. The third-order valence-electron chi connectivity index (χ3n) is 1.47. The number of anilines is 1. The quantitative estimate of drug-likeness (QED) is 0.827. The van der Waals surface area contributed by atoms with E-state index in [2.05, 4.69) is 10.3 Å². The van der Waals surface area contributed by atoms with Crippen LogP contribution < -0.4 is 10.2 Å². The van der Waals surface area contributed by atoms with E-state index in [1.54, 1.807) is 7.05 Å². The molecular formula is C7H10ClN3OS. The van der Waals surface area contributed by atoms with Crippen LogP contribution in [0.1, 0.15) is 6.92 Å². The van der Waals surface area contributed by atoms with E-state index in [-0.39, 0.29) is 6.03 Å². The van der Waals surface area contributed by atoms with Crippen molar-refractivity contribution >= 4 is 34.1 Å². The lowest BCUT2D eigenvalue weighted by atomic mass is 10.6. The van der Waals surface area contributed by atoms with Crippen LogP contribution in [-0.2, 0) is 0 Å². The Balaban J connectivity index is 2.84. The highest BCUT2D eigenvalue weighted by molar-refractivity contribution is 7.19. The summed E-state index contributed by atoms with van der Waals surface area (Å²) in [5, 5.41) is 3.15. The molecule has 1 aromatic rings. The van der Waals surface area contributed by atoms with E-state index in [0.717, 1.165) is 0 Å². The second kappa shape index (κ2) is 4.43. The van der Waals surface area contributed by atoms with Crippen molar-refractivity contribution in [2.24, 2.45) is 0 Å². The largest absolute Gasteiger partial charge is 0.341 e. The number of hydrogen-bond donors (Lipinski definition) is 1. The number of rotatable bonds is 2. The Hall–Kier alpha value is -0.810. The maximum atomic E-state index is 11.3. The summed E-state index contributed by atoms with van der Waals surface area (Å²) in [6.07, 6.45) is 1.53. The van der Waals surface area contributed by atoms with Crippen LogP contribution in [0.2, 0.25) is 4.34 Å². The van der Waals surface area contributed by atoms with Crippen LogP contribution in [0.15, 0.2) is 6.20 Å². The van der Waals surface area contributed by atoms with Crippen molar-refractivity contribution in [3.63, 3.8) is 0 Å². The normalized spacial score (nSPS) is 9.77. The highest BCUT2D eigenvalue weighted by Crippen LogP contribution is 2.25. The molecule has 0 spiro atoms. The number of halogens is 1. The molecule has 0 radical (unpaired) electrons. The van der Waals surface area contributed by atoms with Gasteiger partial charge < -0.3 is 5.32 Å². The molecule has 0 bridgehead atoms. The van der Waals surface area contributed by atoms with Gasteiger partial charge in [0.2, 0.25) is 0 Å². The van der Waals surface area contributed by atoms with Gasteiger partial charge in [-0.2, -0.15) is 0 Å². The van der Waals surface area contributed by atoms with Gasteiger partial charge in [-0.3, -0.25) is 4.90 Å². The summed E-state index contributed by atoms with van der Waals surface area (Å²) in [5.74, 6) is 0. The summed E-state index contributed by atoms with van der Waals surface area (Å²) < 4.78 is 0.581. The van der Waals surface area contributed by atoms with Gasteiger partial charge in [0, 0.05) is 13.6 Å². The lowest BCUT2D eigenvalue weighted by Crippen LogP contribution is -2.37. The molecule has 4 nitrogen and oxygen atoms in total. The molecule has 2 amide bonds. The van der Waals surface area contributed by atoms with Gasteiger partial charge in [-0.05, 0) is 6.92 Å². The highest BCUT2D eigenvalue weighted by Gasteiger charge is 2.14. The van der Waals surface area contributed by atoms with Gasteiger partial charge in [0.1, 0.15) is 4.34 Å². The number of aromatic nitrogens is 1. The summed E-state index contributed by atoms with van der Waals surface area (Å²) >= 11 is 6.99. The minimum atomic E-state index is -0.173. The summed E-state index contributed by atoms with van der Waals surface area (Å²) in [7, 11) is 1.58. The van der Waals surface area contributed by atoms with E-state index in [4.69, 9.17) is 11.6 Å². The van der Waals surface area contributed by atoms with Crippen LogP contribution in [0.5, 0.6) is 0 Å². The van der Waals surface area contributed by atoms with E-state index in [1.807, 2.05) is 6.92 Å². The SMILES string of the molecule is CCN(C(=O)NC)c1ncc(Cl)s1. The molecule has 0 unspecified atom stereocenters. The molecule has 6 heteroatoms. The summed E-state index contributed by atoms with van der Waals surface area (Å²) in [4.78, 5) is 16.8. The van der Waals surface area contributed by atoms with E-state index < -0.39 is 0 Å². The molecule has 1 N–H and O–H groups in total. The van der Waals surface area contributed by atoms with Gasteiger partial charge in [-0.15, -0.1) is 0 Å². The van der Waals surface area contributed by atoms with Crippen molar-refractivity contribution in [3.05, 3.63) is 10.5 Å². The van der Waals surface area contributed by atoms with E-state index in [1.165, 1.54) is 22.4 Å². The zero-order chi connectivity index (χ0) is 9.84. The standard InChI is InChI=1S/C7H10ClN3OS/c1-3-11(6(12)9-2)7-10-4-5(8)13-7/h4H,3H2,1-2H3,(H,9,12). The molecule has 72 valence electrons. The Morgan fingerprint density at radius 3 is 2.92 bits per heavy atom. The second-order valence-electron chi connectivity index (χ2n) is 2.25. The van der Waals surface area contributed by atoms with Crippen molar-refractivity contribution in [2.45, 2.75) is 6.92 Å². The van der Waals surface area contributed by atoms with Crippen molar-refractivity contribution in [2.75, 3.05) is 18.5 Å². The van der Waals surface area contributed by atoms with Gasteiger partial charge in [-0.1, -0.05) is 22.9 Å². The molecule has 0 fully saturated rings. The molecule has 1 rings (SSSR count). The smallest absolute Gasteiger partial charge is 0.323 e. The number of amides is 2. The van der Waals surface area contributed by atoms with Crippen LogP contribution in [0, 0.1) is 0 Å². The first-order chi connectivity index (χ1) is 6.19. The number of carbonyl (C=O) groups excluding carboxylic acids is 1. The highest BCUT2D eigenvalue weighted by atomic mass is 35.5. The van der Waals surface area contributed by atoms with Crippen molar-refractivity contribution in [1.82, 2.24) is 10.3 Å². The monoisotopic (exact) mass is 219 g/mol. The minimum absolute atomic E-state index is 0.173. The molecule has 13 heavy (non-hydrogen) atoms. The molecular weight excluding hydrogens is 210 g/mol. The Morgan fingerprint density at radius 2 is 2.54 bits per heavy atom. The number of urea groups is 1. The zero-order valence-electron chi connectivity index (χ0n) is 7.37. The summed E-state index contributed by atoms with van der Waals surface area (Å²) in [5.41, 5.74) is 0. The van der Waals surface area contributed by atoms with E-state index >= 15 is 0 Å².